The van der Waals surface area contributed by atoms with Crippen LogP contribution in [0.4, 0.5) is 16.2 Å². The number of hydroxylamine groups is 2. The first-order chi connectivity index (χ1) is 39.1. The minimum absolute atomic E-state index is 0.0201. The van der Waals surface area contributed by atoms with E-state index in [4.69, 9.17) is 40.1 Å². The van der Waals surface area contributed by atoms with Gasteiger partial charge in [-0.25, -0.2) is 19.8 Å². The van der Waals surface area contributed by atoms with Crippen molar-refractivity contribution >= 4 is 97.8 Å². The number of hydrogen-bond acceptors (Lipinski definition) is 19. The van der Waals surface area contributed by atoms with Gasteiger partial charge >= 0.3 is 18.0 Å². The maximum atomic E-state index is 14.4. The van der Waals surface area contributed by atoms with Crippen LogP contribution in [0.5, 0.6) is 5.75 Å². The Morgan fingerprint density at radius 1 is 1.04 bits per heavy atom. The summed E-state index contributed by atoms with van der Waals surface area (Å²) in [7, 11) is 9.33. The van der Waals surface area contributed by atoms with E-state index in [-0.39, 0.29) is 63.4 Å². The molecule has 8 atom stereocenters. The average Bonchev–Trinajstić information content (AvgIpc) is 2.24. The lowest BCUT2D eigenvalue weighted by Crippen LogP contribution is -2.63. The Morgan fingerprint density at radius 3 is 2.47 bits per heavy atom. The number of aliphatic hydroxyl groups is 1. The minimum Gasteiger partial charge on any atom is -0.494 e. The van der Waals surface area contributed by atoms with E-state index in [1.165, 1.54) is 52.5 Å². The van der Waals surface area contributed by atoms with Crippen molar-refractivity contribution < 1.29 is 72.0 Å². The van der Waals surface area contributed by atoms with Crippen LogP contribution in [0.1, 0.15) is 116 Å². The number of anilines is 2. The topological polar surface area (TPSA) is 265 Å². The number of aryl methyl sites for hydroxylation is 1. The number of carbonyl (C=O) groups excluding carboxylic acids is 8. The van der Waals surface area contributed by atoms with Crippen LogP contribution in [-0.4, -0.2) is 162 Å². The summed E-state index contributed by atoms with van der Waals surface area (Å²) in [4.78, 5) is 114. The highest BCUT2D eigenvalue weighted by atomic mass is 35.5. The van der Waals surface area contributed by atoms with Gasteiger partial charge in [0.25, 0.3) is 11.8 Å². The van der Waals surface area contributed by atoms with Gasteiger partial charge in [0, 0.05) is 107 Å². The second-order valence-corrected chi connectivity index (χ2v) is 26.1. The standard InChI is InChI=1S/C58H76ClN7O15S2/c1-33-14-12-15-44(76-11)58(75)31-43(78-55(74)60-58)35(3)53-57(7,80-53)45(30-50(71)65(10)42-28-37(26-33)27-34(2)52(42)59)79-54(73)36(4)64(9)47(68)22-25-82-83-56(5,6)32-46(67)62-61-40-21-23-63(8)41-29-38(17-18-39(40)41)77-24-13-16-51(72)81-66-48(69)19-20-49(66)70/h12,14-15,17-18,27-29,35-36,43-45,53,75H,13,16,19-26,30-32H2,1-11H3,(H,60,74)(H,62,67)/b15-12+,33-14+,61-40+/t35-,36+,43+,44-,45+,53+,57+,58+/m1/s1. The van der Waals surface area contributed by atoms with E-state index in [1.807, 2.05) is 65.1 Å². The second-order valence-electron chi connectivity index (χ2n) is 22.6. The summed E-state index contributed by atoms with van der Waals surface area (Å²) in [6.45, 7) is 13.5. The van der Waals surface area contributed by atoms with Gasteiger partial charge < -0.3 is 48.3 Å². The molecule has 2 aromatic carbocycles. The fraction of sp³-hybridized carbons (Fsp3) is 0.569. The van der Waals surface area contributed by atoms with E-state index in [0.29, 0.717) is 58.8 Å². The first kappa shape index (κ1) is 64.4. The molecule has 4 bridgehead atoms. The number of epoxide rings is 1. The van der Waals surface area contributed by atoms with Crippen LogP contribution in [0, 0.1) is 12.8 Å². The summed E-state index contributed by atoms with van der Waals surface area (Å²) in [5.41, 5.74) is 4.99. The van der Waals surface area contributed by atoms with Crippen molar-refractivity contribution in [3.05, 3.63) is 75.8 Å². The number of amides is 6. The van der Waals surface area contributed by atoms with Crippen molar-refractivity contribution in [1.82, 2.24) is 20.7 Å². The van der Waals surface area contributed by atoms with E-state index in [1.54, 1.807) is 39.1 Å². The number of hydrazone groups is 1. The fourth-order valence-electron chi connectivity index (χ4n) is 10.4. The summed E-state index contributed by atoms with van der Waals surface area (Å²) in [6.07, 6.45) is 1.80. The molecule has 2 aromatic rings. The van der Waals surface area contributed by atoms with Gasteiger partial charge in [0.2, 0.25) is 17.7 Å². The smallest absolute Gasteiger partial charge is 0.409 e. The molecule has 22 nitrogen and oxygen atoms in total. The summed E-state index contributed by atoms with van der Waals surface area (Å²) in [6, 6.07) is 8.19. The van der Waals surface area contributed by atoms with Gasteiger partial charge in [-0.05, 0) is 83.7 Å². The molecule has 3 saturated heterocycles. The molecular formula is C58H76ClN7O15S2. The number of carbonyl (C=O) groups is 8. The minimum atomic E-state index is -1.86. The first-order valence-electron chi connectivity index (χ1n) is 27.6. The number of fused-ring (bicyclic) bond motifs is 6. The predicted molar refractivity (Wildman–Crippen MR) is 313 cm³/mol. The Morgan fingerprint density at radius 2 is 1.76 bits per heavy atom. The van der Waals surface area contributed by atoms with Crippen molar-refractivity contribution in [2.45, 2.75) is 159 Å². The Labute approximate surface area is 497 Å². The summed E-state index contributed by atoms with van der Waals surface area (Å²) in [5, 5.41) is 19.8. The highest BCUT2D eigenvalue weighted by Gasteiger charge is 2.64. The number of likely N-dealkylation sites (N-methyl/N-ethyl adjacent to an activating group) is 1. The van der Waals surface area contributed by atoms with Crippen LogP contribution >= 0.6 is 33.2 Å². The van der Waals surface area contributed by atoms with Crippen LogP contribution in [0.2, 0.25) is 5.02 Å². The van der Waals surface area contributed by atoms with Crippen LogP contribution in [0.25, 0.3) is 0 Å². The van der Waals surface area contributed by atoms with Crippen LogP contribution in [-0.2, 0) is 63.8 Å². The third kappa shape index (κ3) is 16.0. The van der Waals surface area contributed by atoms with Gasteiger partial charge in [-0.2, -0.15) is 5.10 Å². The number of nitrogens with one attached hydrogen (secondary N) is 2. The number of benzene rings is 2. The van der Waals surface area contributed by atoms with E-state index < -0.39 is 88.2 Å². The number of halogens is 1. The van der Waals surface area contributed by atoms with Gasteiger partial charge in [-0.1, -0.05) is 70.0 Å². The quantitative estimate of drug-likeness (QED) is 0.0343. The number of ether oxygens (including phenoxy) is 5. The third-order valence-electron chi connectivity index (χ3n) is 15.5. The molecule has 83 heavy (non-hydrogen) atoms. The van der Waals surface area contributed by atoms with Crippen molar-refractivity contribution in [3.63, 3.8) is 0 Å². The number of rotatable bonds is 18. The van der Waals surface area contributed by atoms with Gasteiger partial charge in [0.1, 0.15) is 35.7 Å². The highest BCUT2D eigenvalue weighted by Crippen LogP contribution is 2.49. The molecule has 3 fully saturated rings. The Hall–Kier alpha value is -6.18. The molecule has 0 unspecified atom stereocenters. The molecule has 5 heterocycles. The largest absolute Gasteiger partial charge is 0.494 e. The SMILES string of the molecule is CO[C@@H]1/C=C/C=C(\C)Cc2cc(C)c(Cl)c(c2)N(C)C(=O)C[C@H](OC(=O)[C@H](C)N(C)C(=O)CCSSC(C)(C)CC(=O)N/N=C2\CCN(C)c3cc(OCCCC(=O)ON4C(=O)CCC4=O)ccc32)[C@]2(C)O[C@H]2[C@H](C)[C@@H]2C[C@@]1(O)NC(=O)O2. The molecule has 0 spiro atoms. The molecule has 0 aliphatic carbocycles. The maximum absolute atomic E-state index is 14.4. The molecule has 25 heteroatoms. The zero-order valence-corrected chi connectivity index (χ0v) is 51.3. The number of nitrogens with zero attached hydrogens (tertiary/aromatic N) is 5. The number of esters is 1. The highest BCUT2D eigenvalue weighted by molar-refractivity contribution is 8.77. The molecule has 3 N–H and O–H groups in total. The zero-order chi connectivity index (χ0) is 60.7. The Bertz CT molecular complexity index is 2930. The fourth-order valence-corrected chi connectivity index (χ4v) is 13.1. The van der Waals surface area contributed by atoms with Crippen molar-refractivity contribution in [3.8, 4) is 5.75 Å². The lowest BCUT2D eigenvalue weighted by Gasteiger charge is -2.42. The molecule has 6 amide bonds. The lowest BCUT2D eigenvalue weighted by molar-refractivity contribution is -0.197. The molecule has 0 radical (unpaired) electrons. The van der Waals surface area contributed by atoms with Crippen molar-refractivity contribution in [2.75, 3.05) is 57.0 Å². The molecule has 7 rings (SSSR count). The maximum Gasteiger partial charge on any atom is 0.409 e. The Balaban J connectivity index is 0.923. The predicted octanol–water partition coefficient (Wildman–Crippen LogP) is 6.88. The molecule has 0 aromatic heterocycles. The van der Waals surface area contributed by atoms with E-state index in [0.717, 1.165) is 28.0 Å². The molecule has 5 aliphatic heterocycles. The molecule has 452 valence electrons. The summed E-state index contributed by atoms with van der Waals surface area (Å²) < 4.78 is 29.3. The lowest BCUT2D eigenvalue weighted by atomic mass is 9.83. The van der Waals surface area contributed by atoms with Gasteiger partial charge in [0.05, 0.1) is 42.0 Å². The molecule has 0 saturated carbocycles. The summed E-state index contributed by atoms with van der Waals surface area (Å²) >= 11 is 6.85. The number of methoxy groups -OCH3 is 1. The normalized spacial score (nSPS) is 26.6. The van der Waals surface area contributed by atoms with E-state index in [2.05, 4.69) is 20.7 Å². The molecular weight excluding hydrogens is 1130 g/mol. The Kier molecular flexibility index (Phi) is 21.1. The number of allylic oxidation sites excluding steroid dienone is 3. The third-order valence-corrected chi connectivity index (χ3v) is 19.3. The van der Waals surface area contributed by atoms with Gasteiger partial charge in [-0.15, -0.1) is 5.06 Å². The van der Waals surface area contributed by atoms with Crippen molar-refractivity contribution in [1.29, 1.82) is 0 Å². The van der Waals surface area contributed by atoms with Crippen LogP contribution in [0.15, 0.2) is 59.2 Å². The number of imide groups is 1. The van der Waals surface area contributed by atoms with E-state index in [9.17, 15) is 43.5 Å². The summed E-state index contributed by atoms with van der Waals surface area (Å²) in [5.74, 6) is -3.26. The second kappa shape index (κ2) is 27.2. The van der Waals surface area contributed by atoms with Crippen LogP contribution < -0.4 is 25.3 Å². The number of hydrogen-bond donors (Lipinski definition) is 3. The zero-order valence-electron chi connectivity index (χ0n) is 48.9. The van der Waals surface area contributed by atoms with Crippen LogP contribution in [0.3, 0.4) is 0 Å². The van der Waals surface area contributed by atoms with Crippen molar-refractivity contribution in [2.24, 2.45) is 11.0 Å². The van der Waals surface area contributed by atoms with Gasteiger partial charge in [0.15, 0.2) is 5.72 Å². The first-order valence-corrected chi connectivity index (χ1v) is 30.3. The van der Waals surface area contributed by atoms with Gasteiger partial charge in [-0.3, -0.25) is 29.3 Å². The monoisotopic (exact) mass is 1210 g/mol. The average molecular weight is 1210 g/mol. The number of alkyl carbamates (subject to hydrolysis) is 1. The molecule has 5 aliphatic rings. The van der Waals surface area contributed by atoms with E-state index >= 15 is 0 Å².